The van der Waals surface area contributed by atoms with E-state index in [1.807, 2.05) is 6.07 Å². The van der Waals surface area contributed by atoms with Gasteiger partial charge in [0.2, 0.25) is 0 Å². The number of amides is 1. The predicted octanol–water partition coefficient (Wildman–Crippen LogP) is 1.61. The minimum atomic E-state index is -0.634. The molecule has 106 valence electrons. The zero-order valence-electron chi connectivity index (χ0n) is 11.3. The van der Waals surface area contributed by atoms with E-state index in [-0.39, 0.29) is 11.5 Å². The third-order valence-electron chi connectivity index (χ3n) is 2.88. The van der Waals surface area contributed by atoms with Crippen LogP contribution >= 0.6 is 0 Å². The first kappa shape index (κ1) is 14.2. The monoisotopic (exact) mass is 276 g/mol. The number of carbonyl (C=O) groups excluding carboxylic acids is 1. The van der Waals surface area contributed by atoms with Gasteiger partial charge in [-0.15, -0.1) is 0 Å². The summed E-state index contributed by atoms with van der Waals surface area (Å²) in [5.74, 6) is -1.02. The molecule has 2 aromatic rings. The molecule has 20 heavy (non-hydrogen) atoms. The van der Waals surface area contributed by atoms with Crippen LogP contribution in [0.1, 0.15) is 29.4 Å². The highest BCUT2D eigenvalue weighted by molar-refractivity contribution is 5.90. The summed E-state index contributed by atoms with van der Waals surface area (Å²) in [6.07, 6.45) is 2.53. The number of nitrogens with zero attached hydrogens (tertiary/aromatic N) is 2. The lowest BCUT2D eigenvalue weighted by atomic mass is 10.1. The summed E-state index contributed by atoms with van der Waals surface area (Å²) < 4.78 is 15.4. The second-order valence-electron chi connectivity index (χ2n) is 4.43. The Hall–Kier alpha value is -2.21. The van der Waals surface area contributed by atoms with Crippen molar-refractivity contribution in [3.05, 3.63) is 47.5 Å². The molecule has 0 saturated heterocycles. The number of primary amides is 1. The van der Waals surface area contributed by atoms with Crippen LogP contribution in [0.5, 0.6) is 0 Å². The van der Waals surface area contributed by atoms with Crippen molar-refractivity contribution in [2.45, 2.75) is 19.9 Å². The number of benzene rings is 1. The fourth-order valence-electron chi connectivity index (χ4n) is 1.94. The Kier molecular flexibility index (Phi) is 4.47. The maximum Gasteiger partial charge on any atom is 0.269 e. The number of rotatable bonds is 6. The van der Waals surface area contributed by atoms with Crippen molar-refractivity contribution in [2.24, 2.45) is 5.73 Å². The van der Waals surface area contributed by atoms with Crippen LogP contribution in [0, 0.1) is 5.82 Å². The topological polar surface area (TPSA) is 72.9 Å². The van der Waals surface area contributed by atoms with Crippen LogP contribution in [0.15, 0.2) is 30.5 Å². The molecule has 0 unspecified atom stereocenters. The Balaban J connectivity index is 2.35. The normalized spacial score (nSPS) is 10.7. The molecule has 0 atom stereocenters. The van der Waals surface area contributed by atoms with Crippen molar-refractivity contribution in [2.75, 3.05) is 6.54 Å². The molecule has 0 aliphatic heterocycles. The van der Waals surface area contributed by atoms with Crippen molar-refractivity contribution < 1.29 is 9.18 Å². The summed E-state index contributed by atoms with van der Waals surface area (Å²) in [4.78, 5) is 11.1. The van der Waals surface area contributed by atoms with E-state index < -0.39 is 5.91 Å². The van der Waals surface area contributed by atoms with Gasteiger partial charge in [-0.3, -0.25) is 4.79 Å². The van der Waals surface area contributed by atoms with Gasteiger partial charge in [-0.25, -0.2) is 9.07 Å². The lowest BCUT2D eigenvalue weighted by Gasteiger charge is -2.11. The molecule has 1 amide bonds. The summed E-state index contributed by atoms with van der Waals surface area (Å²) in [7, 11) is 0. The Morgan fingerprint density at radius 2 is 2.25 bits per heavy atom. The first-order valence-electron chi connectivity index (χ1n) is 6.47. The van der Waals surface area contributed by atoms with E-state index in [9.17, 15) is 9.18 Å². The third-order valence-corrected chi connectivity index (χ3v) is 2.88. The van der Waals surface area contributed by atoms with Gasteiger partial charge in [-0.1, -0.05) is 19.1 Å². The quantitative estimate of drug-likeness (QED) is 0.787. The molecule has 0 aliphatic carbocycles. The van der Waals surface area contributed by atoms with Gasteiger partial charge in [0.25, 0.3) is 5.91 Å². The van der Waals surface area contributed by atoms with Gasteiger partial charge < -0.3 is 11.1 Å². The molecule has 5 nitrogen and oxygen atoms in total. The highest BCUT2D eigenvalue weighted by Gasteiger charge is 2.13. The molecule has 0 fully saturated rings. The fourth-order valence-corrected chi connectivity index (χ4v) is 1.94. The van der Waals surface area contributed by atoms with Gasteiger partial charge in [0, 0.05) is 12.7 Å². The van der Waals surface area contributed by atoms with Crippen molar-refractivity contribution in [1.29, 1.82) is 0 Å². The van der Waals surface area contributed by atoms with Crippen LogP contribution < -0.4 is 11.1 Å². The van der Waals surface area contributed by atoms with Gasteiger partial charge in [0.1, 0.15) is 17.2 Å². The summed E-state index contributed by atoms with van der Waals surface area (Å²) in [6.45, 7) is 3.44. The second-order valence-corrected chi connectivity index (χ2v) is 4.43. The largest absolute Gasteiger partial charge is 0.364 e. The number of nitrogens with two attached hydrogens (primary N) is 1. The van der Waals surface area contributed by atoms with Gasteiger partial charge in [0.15, 0.2) is 0 Å². The number of nitrogens with one attached hydrogen (secondary N) is 1. The standard InChI is InChI=1S/C14H17FN4O/c1-2-7-17-9-10-4-3-5-11(15)13(10)19-8-6-12(18-19)14(16)20/h3-6,8,17H,2,7,9H2,1H3,(H2,16,20). The molecule has 1 heterocycles. The molecule has 1 aromatic heterocycles. The zero-order valence-corrected chi connectivity index (χ0v) is 11.3. The van der Waals surface area contributed by atoms with Gasteiger partial charge >= 0.3 is 0 Å². The summed E-state index contributed by atoms with van der Waals surface area (Å²) in [5.41, 5.74) is 6.38. The number of aromatic nitrogens is 2. The molecule has 0 bridgehead atoms. The van der Waals surface area contributed by atoms with Crippen LogP contribution in [0.4, 0.5) is 4.39 Å². The SMILES string of the molecule is CCCNCc1cccc(F)c1-n1ccc(C(N)=O)n1. The minimum Gasteiger partial charge on any atom is -0.364 e. The minimum absolute atomic E-state index is 0.112. The lowest BCUT2D eigenvalue weighted by Crippen LogP contribution is -2.17. The third kappa shape index (κ3) is 3.03. The van der Waals surface area contributed by atoms with Crippen LogP contribution in [-0.4, -0.2) is 22.2 Å². The molecule has 3 N–H and O–H groups in total. The molecular weight excluding hydrogens is 259 g/mol. The predicted molar refractivity (Wildman–Crippen MR) is 74.0 cm³/mol. The Morgan fingerprint density at radius 3 is 2.90 bits per heavy atom. The first-order valence-corrected chi connectivity index (χ1v) is 6.47. The van der Waals surface area contributed by atoms with Crippen molar-refractivity contribution in [3.8, 4) is 5.69 Å². The first-order chi connectivity index (χ1) is 9.63. The number of para-hydroxylation sites is 1. The molecular formula is C14H17FN4O. The number of halogens is 1. The van der Waals surface area contributed by atoms with E-state index >= 15 is 0 Å². The van der Waals surface area contributed by atoms with E-state index in [0.717, 1.165) is 18.5 Å². The van der Waals surface area contributed by atoms with Crippen molar-refractivity contribution >= 4 is 5.91 Å². The van der Waals surface area contributed by atoms with Crippen molar-refractivity contribution in [1.82, 2.24) is 15.1 Å². The van der Waals surface area contributed by atoms with E-state index in [2.05, 4.69) is 17.3 Å². The van der Waals surface area contributed by atoms with E-state index in [4.69, 9.17) is 5.73 Å². The van der Waals surface area contributed by atoms with Gasteiger partial charge in [0.05, 0.1) is 0 Å². The average Bonchev–Trinajstić information content (AvgIpc) is 2.88. The van der Waals surface area contributed by atoms with E-state index in [1.165, 1.54) is 23.0 Å². The smallest absolute Gasteiger partial charge is 0.269 e. The van der Waals surface area contributed by atoms with Crippen LogP contribution in [-0.2, 0) is 6.54 Å². The second kappa shape index (κ2) is 6.29. The molecule has 1 aromatic carbocycles. The van der Waals surface area contributed by atoms with Crippen molar-refractivity contribution in [3.63, 3.8) is 0 Å². The number of carbonyl (C=O) groups is 1. The summed E-state index contributed by atoms with van der Waals surface area (Å²) >= 11 is 0. The molecule has 2 rings (SSSR count). The maximum atomic E-state index is 14.1. The maximum absolute atomic E-state index is 14.1. The number of hydrogen-bond donors (Lipinski definition) is 2. The Morgan fingerprint density at radius 1 is 1.45 bits per heavy atom. The van der Waals surface area contributed by atoms with E-state index in [1.54, 1.807) is 6.07 Å². The summed E-state index contributed by atoms with van der Waals surface area (Å²) in [6, 6.07) is 6.31. The van der Waals surface area contributed by atoms with Crippen LogP contribution in [0.3, 0.4) is 0 Å². The highest BCUT2D eigenvalue weighted by atomic mass is 19.1. The lowest BCUT2D eigenvalue weighted by molar-refractivity contribution is 0.0995. The molecule has 0 saturated carbocycles. The molecule has 6 heteroatoms. The highest BCUT2D eigenvalue weighted by Crippen LogP contribution is 2.18. The molecule has 0 aliphatic rings. The summed E-state index contributed by atoms with van der Waals surface area (Å²) in [5, 5.41) is 7.22. The average molecular weight is 276 g/mol. The molecule has 0 radical (unpaired) electrons. The van der Waals surface area contributed by atoms with E-state index in [0.29, 0.717) is 12.2 Å². The Labute approximate surface area is 116 Å². The fraction of sp³-hybridized carbons (Fsp3) is 0.286. The number of hydrogen-bond acceptors (Lipinski definition) is 3. The van der Waals surface area contributed by atoms with Gasteiger partial charge in [-0.2, -0.15) is 5.10 Å². The zero-order chi connectivity index (χ0) is 14.5. The molecule has 0 spiro atoms. The van der Waals surface area contributed by atoms with Crippen LogP contribution in [0.2, 0.25) is 0 Å². The Bertz CT molecular complexity index is 609. The van der Waals surface area contributed by atoms with Gasteiger partial charge in [-0.05, 0) is 30.7 Å². The van der Waals surface area contributed by atoms with Crippen LogP contribution in [0.25, 0.3) is 5.69 Å².